The predicted octanol–water partition coefficient (Wildman–Crippen LogP) is 26.6. The van der Waals surface area contributed by atoms with Crippen LogP contribution in [0, 0.1) is 87.3 Å². The Morgan fingerprint density at radius 2 is 0.786 bits per heavy atom. The minimum absolute atomic E-state index is 0.500. The van der Waals surface area contributed by atoms with E-state index >= 15 is 0 Å². The summed E-state index contributed by atoms with van der Waals surface area (Å²) in [6.07, 6.45) is 35.5. The monoisotopic (exact) mass is 993 g/mol. The number of hydrogen-bond acceptors (Lipinski definition) is 0. The summed E-state index contributed by atoms with van der Waals surface area (Å²) < 4.78 is 0. The van der Waals surface area contributed by atoms with Crippen LogP contribution in [0.15, 0.2) is 0 Å². The van der Waals surface area contributed by atoms with Gasteiger partial charge in [0.2, 0.25) is 0 Å². The van der Waals surface area contributed by atoms with Gasteiger partial charge in [-0.25, -0.2) is 0 Å². The lowest BCUT2D eigenvalue weighted by Crippen LogP contribution is -2.12. The lowest BCUT2D eigenvalue weighted by molar-refractivity contribution is 0.283. The lowest BCUT2D eigenvalue weighted by Gasteiger charge is -2.22. The molecule has 432 valence electrons. The van der Waals surface area contributed by atoms with Crippen molar-refractivity contribution < 1.29 is 0 Å². The van der Waals surface area contributed by atoms with E-state index in [1.807, 2.05) is 0 Å². The van der Waals surface area contributed by atoms with Crippen LogP contribution < -0.4 is 0 Å². The van der Waals surface area contributed by atoms with Crippen molar-refractivity contribution in [2.75, 3.05) is 0 Å². The molecule has 4 aliphatic rings. The fraction of sp³-hybridized carbons (Fsp3) is 1.00. The van der Waals surface area contributed by atoms with E-state index < -0.39 is 0 Å². The number of hydrogen-bond donors (Lipinski definition) is 0. The van der Waals surface area contributed by atoms with Crippen LogP contribution in [-0.4, -0.2) is 0 Å². The molecule has 70 heavy (non-hydrogen) atoms. The minimum Gasteiger partial charge on any atom is -0.0654 e. The van der Waals surface area contributed by atoms with Crippen LogP contribution in [0.3, 0.4) is 0 Å². The van der Waals surface area contributed by atoms with Crippen molar-refractivity contribution in [2.24, 2.45) is 87.3 Å². The molecule has 4 rings (SSSR count). The third kappa shape index (κ3) is 60.6. The molecule has 6 unspecified atom stereocenters. The second-order valence-corrected chi connectivity index (χ2v) is 28.1. The molecule has 0 heteroatoms. The Bertz CT molecular complexity index is 894. The van der Waals surface area contributed by atoms with Crippen molar-refractivity contribution in [1.82, 2.24) is 0 Å². The van der Waals surface area contributed by atoms with Gasteiger partial charge in [-0.05, 0) is 107 Å². The van der Waals surface area contributed by atoms with Crippen molar-refractivity contribution in [3.8, 4) is 0 Å². The first-order valence-corrected chi connectivity index (χ1v) is 32.3. The third-order valence-corrected chi connectivity index (χ3v) is 18.5. The van der Waals surface area contributed by atoms with Crippen molar-refractivity contribution in [2.45, 2.75) is 368 Å². The molecule has 0 amide bonds. The summed E-state index contributed by atoms with van der Waals surface area (Å²) >= 11 is 0. The molecule has 0 saturated heterocycles. The molecular formula is C70H152. The molecule has 4 fully saturated rings. The Balaban J connectivity index is -0.000000163. The summed E-state index contributed by atoms with van der Waals surface area (Å²) in [5.41, 5.74) is 1.78. The van der Waals surface area contributed by atoms with Gasteiger partial charge in [0, 0.05) is 0 Å². The maximum Gasteiger partial charge on any atom is -0.0354 e. The van der Waals surface area contributed by atoms with Crippen molar-refractivity contribution in [3.63, 3.8) is 0 Å². The molecule has 0 N–H and O–H groups in total. The van der Waals surface area contributed by atoms with Crippen molar-refractivity contribution >= 4 is 0 Å². The Morgan fingerprint density at radius 3 is 0.871 bits per heavy atom. The van der Waals surface area contributed by atoms with Crippen LogP contribution in [0.5, 0.6) is 0 Å². The largest absolute Gasteiger partial charge is 0.0654 e. The number of rotatable bonds is 12. The van der Waals surface area contributed by atoms with Crippen LogP contribution in [0.2, 0.25) is 0 Å². The van der Waals surface area contributed by atoms with Gasteiger partial charge in [0.15, 0.2) is 0 Å². The Morgan fingerprint density at radius 1 is 0.429 bits per heavy atom. The van der Waals surface area contributed by atoms with Gasteiger partial charge in [0.25, 0.3) is 0 Å². The first-order chi connectivity index (χ1) is 32.3. The van der Waals surface area contributed by atoms with Gasteiger partial charge in [-0.3, -0.25) is 0 Å². The van der Waals surface area contributed by atoms with E-state index in [1.165, 1.54) is 161 Å². The standard InChI is InChI=1S/4C7H14.6C7H16/c1-6-3-4-7(2)5-6;1-7(2)5-3-4-6-7;1-6-4-3-5-7(6)2;1-7-5-3-2-4-6-7;1-6(2)7(3,4)5;1-5-7(3,4)6-2;2*1-5-7(4)6(2)3;1-4-6-7(3)5-2;1-4-7(5-2)6-3/h6-7H,3-5H2,1-2H3;3-6H2,1-2H3;6-7H,3-5H2,1-2H3;7H,2-6H2,1H3;6H,1-5H3;5-6H2,1-4H3;2*6-7H,5H2,1-4H3;2*7H,4-6H2,1-3H3/t6-,7?;;;;;;;;;/m1........./s1. The van der Waals surface area contributed by atoms with Crippen LogP contribution in [0.4, 0.5) is 0 Å². The van der Waals surface area contributed by atoms with E-state index in [0.717, 1.165) is 71.0 Å². The highest BCUT2D eigenvalue weighted by Crippen LogP contribution is 2.36. The van der Waals surface area contributed by atoms with E-state index in [2.05, 4.69) is 208 Å². The zero-order valence-corrected chi connectivity index (χ0v) is 56.1. The Hall–Kier alpha value is 0. The summed E-state index contributed by atoms with van der Waals surface area (Å²) in [6.45, 7) is 68.6. The minimum atomic E-state index is 0.500. The van der Waals surface area contributed by atoms with Crippen LogP contribution in [0.1, 0.15) is 368 Å². The summed E-state index contributed by atoms with van der Waals surface area (Å²) in [5.74, 6) is 11.4. The zero-order valence-electron chi connectivity index (χ0n) is 56.1. The first kappa shape index (κ1) is 81.4. The molecule has 0 nitrogen and oxygen atoms in total. The molecule has 0 spiro atoms. The zero-order chi connectivity index (χ0) is 56.1. The van der Waals surface area contributed by atoms with E-state index in [-0.39, 0.29) is 0 Å². The topological polar surface area (TPSA) is 0 Å². The molecular weight excluding hydrogens is 841 g/mol. The quantitative estimate of drug-likeness (QED) is 0.183. The van der Waals surface area contributed by atoms with Crippen LogP contribution in [0.25, 0.3) is 0 Å². The molecule has 0 bridgehead atoms. The molecule has 0 aromatic carbocycles. The Kier molecular flexibility index (Phi) is 59.4. The van der Waals surface area contributed by atoms with E-state index in [1.54, 1.807) is 0 Å². The van der Waals surface area contributed by atoms with Gasteiger partial charge >= 0.3 is 0 Å². The highest BCUT2D eigenvalue weighted by atomic mass is 14.3. The smallest absolute Gasteiger partial charge is 0.0354 e. The first-order valence-electron chi connectivity index (χ1n) is 32.3. The van der Waals surface area contributed by atoms with E-state index in [0.29, 0.717) is 16.2 Å². The lowest BCUT2D eigenvalue weighted by atomic mass is 9.84. The highest BCUT2D eigenvalue weighted by Gasteiger charge is 2.22. The molecule has 0 aromatic heterocycles. The predicted molar refractivity (Wildman–Crippen MR) is 335 cm³/mol. The second kappa shape index (κ2) is 51.1. The van der Waals surface area contributed by atoms with Crippen molar-refractivity contribution in [3.05, 3.63) is 0 Å². The fourth-order valence-corrected chi connectivity index (χ4v) is 8.22. The molecule has 0 aliphatic heterocycles. The molecule has 0 heterocycles. The SMILES string of the molecule is CC(C)C(C)(C)C.CC1(C)CCCC1.CC1CCCC1C.CC1CCCCC1.CC1CC[C@@H](C)C1.CCC(C)(C)CC.CCC(C)C(C)C.CCC(C)C(C)C.CCC(CC)CC.CCCC(C)CC. The fourth-order valence-electron chi connectivity index (χ4n) is 8.22. The van der Waals surface area contributed by atoms with Crippen molar-refractivity contribution in [1.29, 1.82) is 0 Å². The summed E-state index contributed by atoms with van der Waals surface area (Å²) in [5, 5.41) is 0. The van der Waals surface area contributed by atoms with Crippen LogP contribution >= 0.6 is 0 Å². The molecule has 4 aliphatic carbocycles. The van der Waals surface area contributed by atoms with Gasteiger partial charge in [-0.2, -0.15) is 0 Å². The average molecular weight is 994 g/mol. The van der Waals surface area contributed by atoms with E-state index in [4.69, 9.17) is 0 Å². The second-order valence-electron chi connectivity index (χ2n) is 28.1. The van der Waals surface area contributed by atoms with Gasteiger partial charge < -0.3 is 0 Å². The van der Waals surface area contributed by atoms with Gasteiger partial charge in [0.05, 0.1) is 0 Å². The summed E-state index contributed by atoms with van der Waals surface area (Å²) in [4.78, 5) is 0. The normalized spacial score (nSPS) is 21.7. The average Bonchev–Trinajstić information content (AvgIpc) is 4.03. The Labute approximate surface area is 453 Å². The summed E-state index contributed by atoms with van der Waals surface area (Å²) in [7, 11) is 0. The third-order valence-electron chi connectivity index (χ3n) is 18.5. The molecule has 0 aromatic rings. The van der Waals surface area contributed by atoms with Gasteiger partial charge in [-0.1, -0.05) is 349 Å². The van der Waals surface area contributed by atoms with Gasteiger partial charge in [-0.15, -0.1) is 0 Å². The van der Waals surface area contributed by atoms with Crippen LogP contribution in [-0.2, 0) is 0 Å². The molecule has 0 radical (unpaired) electrons. The molecule has 7 atom stereocenters. The summed E-state index contributed by atoms with van der Waals surface area (Å²) in [6, 6.07) is 0. The van der Waals surface area contributed by atoms with E-state index in [9.17, 15) is 0 Å². The molecule has 4 saturated carbocycles. The maximum absolute atomic E-state index is 2.36. The maximum atomic E-state index is 2.36. The highest BCUT2D eigenvalue weighted by molar-refractivity contribution is 4.74. The van der Waals surface area contributed by atoms with Gasteiger partial charge in [0.1, 0.15) is 0 Å².